The number of rotatable bonds is 7. The molecule has 9 heteroatoms. The summed E-state index contributed by atoms with van der Waals surface area (Å²) >= 11 is 0. The van der Waals surface area contributed by atoms with E-state index in [4.69, 9.17) is 21.7 Å². The predicted octanol–water partition coefficient (Wildman–Crippen LogP) is -0.811. The third-order valence-electron chi connectivity index (χ3n) is 1.21. The molecule has 6 N–H and O–H groups in total. The first-order valence-corrected chi connectivity index (χ1v) is 6.15. The van der Waals surface area contributed by atoms with Crippen molar-refractivity contribution in [3.05, 3.63) is 0 Å². The van der Waals surface area contributed by atoms with Gasteiger partial charge >= 0.3 is 31.4 Å². The second kappa shape index (κ2) is 9.41. The minimum absolute atomic E-state index is 0. The molecule has 2 atom stereocenters. The number of carboxylic acids is 2. The van der Waals surface area contributed by atoms with Gasteiger partial charge in [0.15, 0.2) is 0 Å². The van der Waals surface area contributed by atoms with E-state index in [-0.39, 0.29) is 31.0 Å². The van der Waals surface area contributed by atoms with Crippen LogP contribution in [0.25, 0.3) is 0 Å². The molecule has 0 aliphatic carbocycles. The van der Waals surface area contributed by atoms with E-state index in [0.29, 0.717) is 0 Å². The fourth-order valence-electron chi connectivity index (χ4n) is 0.385. The van der Waals surface area contributed by atoms with Crippen LogP contribution in [0.5, 0.6) is 0 Å². The molecule has 0 spiro atoms. The molecule has 2 unspecified atom stereocenters. The van der Waals surface area contributed by atoms with E-state index in [0.717, 1.165) is 0 Å². The Balaban J connectivity index is 0. The maximum atomic E-state index is 10.3. The van der Waals surface area contributed by atoms with E-state index >= 15 is 0 Å². The van der Waals surface area contributed by atoms with Crippen molar-refractivity contribution in [1.82, 2.24) is 0 Å². The molecule has 0 radical (unpaired) electrons. The van der Waals surface area contributed by atoms with Crippen molar-refractivity contribution < 1.29 is 39.3 Å². The van der Waals surface area contributed by atoms with Gasteiger partial charge in [-0.25, -0.2) is 0 Å². The number of carbonyl (C=O) groups is 2. The van der Waals surface area contributed by atoms with Gasteiger partial charge in [0.25, 0.3) is 0 Å². The molecule has 0 heterocycles. The third kappa shape index (κ3) is 9.13. The fourth-order valence-corrected chi connectivity index (χ4v) is 2.61. The van der Waals surface area contributed by atoms with Crippen LogP contribution in [0.3, 0.4) is 0 Å². The molecule has 0 fully saturated rings. The quantitative estimate of drug-likeness (QED) is 0.273. The van der Waals surface area contributed by atoms with E-state index in [1.54, 1.807) is 0 Å². The standard InChI is InChI=1S/C6H12N2O4S2.Zn/c7-3(5(9)10)1-13-14-2-4(8)6(11)12;/h3-4H,1-2,7-8H2,(H,9,10)(H,11,12);/q;+2. The monoisotopic (exact) mass is 304 g/mol. The van der Waals surface area contributed by atoms with Gasteiger partial charge in [0.05, 0.1) is 0 Å². The van der Waals surface area contributed by atoms with E-state index in [9.17, 15) is 9.59 Å². The summed E-state index contributed by atoms with van der Waals surface area (Å²) in [5.41, 5.74) is 10.4. The molecule has 82 valence electrons. The number of carboxylic acid groups (broad SMARTS) is 2. The van der Waals surface area contributed by atoms with Crippen molar-refractivity contribution in [3.63, 3.8) is 0 Å². The minimum Gasteiger partial charge on any atom is -0.480 e. The van der Waals surface area contributed by atoms with Crippen molar-refractivity contribution in [3.8, 4) is 0 Å². The van der Waals surface area contributed by atoms with Crippen molar-refractivity contribution in [1.29, 1.82) is 0 Å². The predicted molar refractivity (Wildman–Crippen MR) is 56.1 cm³/mol. The molecular formula is C6H12N2O4S2Zn+2. The Morgan fingerprint density at radius 3 is 1.47 bits per heavy atom. The number of nitrogens with two attached hydrogens (primary N) is 2. The summed E-state index contributed by atoms with van der Waals surface area (Å²) in [7, 11) is 2.41. The van der Waals surface area contributed by atoms with E-state index in [1.807, 2.05) is 0 Å². The van der Waals surface area contributed by atoms with Crippen LogP contribution in [0.1, 0.15) is 0 Å². The number of hydrogen-bond donors (Lipinski definition) is 4. The molecule has 0 aromatic carbocycles. The molecule has 15 heavy (non-hydrogen) atoms. The van der Waals surface area contributed by atoms with Gasteiger partial charge in [-0.3, -0.25) is 9.59 Å². The molecule has 0 bridgehead atoms. The van der Waals surface area contributed by atoms with Gasteiger partial charge in [0.1, 0.15) is 12.1 Å². The maximum Gasteiger partial charge on any atom is 2.00 e. The molecule has 0 aromatic rings. The van der Waals surface area contributed by atoms with Crippen molar-refractivity contribution in [2.45, 2.75) is 12.1 Å². The second-order valence-electron chi connectivity index (χ2n) is 2.46. The van der Waals surface area contributed by atoms with Gasteiger partial charge in [0, 0.05) is 11.5 Å². The minimum atomic E-state index is -1.07. The number of hydrogen-bond acceptors (Lipinski definition) is 6. The van der Waals surface area contributed by atoms with Gasteiger partial charge < -0.3 is 21.7 Å². The van der Waals surface area contributed by atoms with Gasteiger partial charge in [-0.2, -0.15) is 0 Å². The first-order chi connectivity index (χ1) is 6.45. The zero-order valence-electron chi connectivity index (χ0n) is 7.96. The maximum absolute atomic E-state index is 10.3. The largest absolute Gasteiger partial charge is 2.00 e. The zero-order valence-corrected chi connectivity index (χ0v) is 12.6. The third-order valence-corrected chi connectivity index (χ3v) is 3.69. The molecule has 0 aliphatic rings. The number of aliphatic carboxylic acids is 2. The molecule has 0 aromatic heterocycles. The normalized spacial score (nSPS) is 13.7. The van der Waals surface area contributed by atoms with E-state index in [1.165, 1.54) is 21.6 Å². The first-order valence-electron chi connectivity index (χ1n) is 3.66. The van der Waals surface area contributed by atoms with Crippen LogP contribution in [-0.4, -0.2) is 45.7 Å². The van der Waals surface area contributed by atoms with Crippen molar-refractivity contribution in [2.75, 3.05) is 11.5 Å². The summed E-state index contributed by atoms with van der Waals surface area (Å²) in [4.78, 5) is 20.5. The molecule has 0 saturated carbocycles. The van der Waals surface area contributed by atoms with Crippen molar-refractivity contribution in [2.24, 2.45) is 11.5 Å². The van der Waals surface area contributed by atoms with Crippen LogP contribution in [0, 0.1) is 0 Å². The Kier molecular flexibility index (Phi) is 11.0. The average molecular weight is 306 g/mol. The zero-order chi connectivity index (χ0) is 11.1. The Morgan fingerprint density at radius 1 is 1.00 bits per heavy atom. The Bertz CT molecular complexity index is 197. The van der Waals surface area contributed by atoms with Crippen LogP contribution in [-0.2, 0) is 29.1 Å². The summed E-state index contributed by atoms with van der Waals surface area (Å²) in [6, 6.07) is -1.85. The van der Waals surface area contributed by atoms with Crippen LogP contribution in [0.2, 0.25) is 0 Å². The van der Waals surface area contributed by atoms with E-state index in [2.05, 4.69) is 0 Å². The molecule has 0 aliphatic heterocycles. The molecular weight excluding hydrogens is 294 g/mol. The van der Waals surface area contributed by atoms with Crippen LogP contribution >= 0.6 is 21.6 Å². The summed E-state index contributed by atoms with van der Waals surface area (Å²) in [6.07, 6.45) is 0. The first kappa shape index (κ1) is 17.6. The summed E-state index contributed by atoms with van der Waals surface area (Å²) in [6.45, 7) is 0. The summed E-state index contributed by atoms with van der Waals surface area (Å²) in [5.74, 6) is -1.68. The van der Waals surface area contributed by atoms with Crippen LogP contribution in [0.15, 0.2) is 0 Å². The van der Waals surface area contributed by atoms with Crippen LogP contribution < -0.4 is 11.5 Å². The molecule has 0 rings (SSSR count). The van der Waals surface area contributed by atoms with E-state index < -0.39 is 24.0 Å². The average Bonchev–Trinajstić information content (AvgIpc) is 2.11. The van der Waals surface area contributed by atoms with Gasteiger partial charge in [0.2, 0.25) is 0 Å². The molecule has 0 saturated heterocycles. The summed E-state index contributed by atoms with van der Waals surface area (Å²) < 4.78 is 0. The Morgan fingerprint density at radius 2 is 1.27 bits per heavy atom. The molecule has 6 nitrogen and oxygen atoms in total. The summed E-state index contributed by atoms with van der Waals surface area (Å²) in [5, 5.41) is 16.8. The van der Waals surface area contributed by atoms with Crippen LogP contribution in [0.4, 0.5) is 0 Å². The smallest absolute Gasteiger partial charge is 0.480 e. The topological polar surface area (TPSA) is 127 Å². The van der Waals surface area contributed by atoms with Gasteiger partial charge in [-0.05, 0) is 0 Å². The fraction of sp³-hybridized carbons (Fsp3) is 0.667. The van der Waals surface area contributed by atoms with Crippen molar-refractivity contribution >= 4 is 33.5 Å². The Hall–Kier alpha value is 0.183. The van der Waals surface area contributed by atoms with Gasteiger partial charge in [-0.15, -0.1) is 0 Å². The second-order valence-corrected chi connectivity index (χ2v) is 5.01. The Labute approximate surface area is 108 Å². The van der Waals surface area contributed by atoms with Gasteiger partial charge in [-0.1, -0.05) is 21.6 Å². The SMILES string of the molecule is NC(CSSCC(N)C(=O)O)C(=O)O.[Zn+2]. The molecule has 0 amide bonds.